The fourth-order valence-corrected chi connectivity index (χ4v) is 1.92. The molecule has 0 aliphatic heterocycles. The Labute approximate surface area is 108 Å². The first-order chi connectivity index (χ1) is 7.27. The summed E-state index contributed by atoms with van der Waals surface area (Å²) in [5, 5.41) is 6.25. The van der Waals surface area contributed by atoms with E-state index in [1.165, 1.54) is 6.42 Å². The van der Waals surface area contributed by atoms with E-state index in [0.29, 0.717) is 0 Å². The molecule has 0 saturated heterocycles. The summed E-state index contributed by atoms with van der Waals surface area (Å²) in [6, 6.07) is -0.247. The van der Waals surface area contributed by atoms with Gasteiger partial charge in [-0.2, -0.15) is 5.01 Å². The first-order valence-corrected chi connectivity index (χ1v) is 5.78. The van der Waals surface area contributed by atoms with Crippen LogP contribution in [0.4, 0.5) is 4.79 Å². The van der Waals surface area contributed by atoms with Crippen LogP contribution in [0.25, 0.3) is 0 Å². The van der Waals surface area contributed by atoms with Crippen molar-refractivity contribution in [3.63, 3.8) is 0 Å². The Morgan fingerprint density at radius 2 is 2.06 bits per heavy atom. The number of nitrogens with one attached hydrogen (secondary N) is 1. The Bertz CT molecular complexity index is 228. The van der Waals surface area contributed by atoms with E-state index in [9.17, 15) is 9.70 Å². The molecule has 5 nitrogen and oxygen atoms in total. The van der Waals surface area contributed by atoms with Gasteiger partial charge in [0.05, 0.1) is 11.8 Å². The lowest BCUT2D eigenvalue weighted by Gasteiger charge is -2.24. The van der Waals surface area contributed by atoms with Crippen molar-refractivity contribution in [2.75, 3.05) is 12.4 Å². The smallest absolute Gasteiger partial charge is 1.00 e. The number of hydrogen-bond acceptors (Lipinski definition) is 3. The Morgan fingerprint density at radius 1 is 1.44 bits per heavy atom. The van der Waals surface area contributed by atoms with Crippen LogP contribution in [0.3, 0.4) is 0 Å². The summed E-state index contributed by atoms with van der Waals surface area (Å²) in [5.41, 5.74) is 0. The summed E-state index contributed by atoms with van der Waals surface area (Å²) in [6.45, 7) is 0.156. The quantitative estimate of drug-likeness (QED) is 0.420. The molecular weight excluding hydrogens is 253 g/mol. The van der Waals surface area contributed by atoms with Crippen LogP contribution < -0.4 is 17.7 Å². The second-order valence-corrected chi connectivity index (χ2v) is 4.06. The van der Waals surface area contributed by atoms with Crippen LogP contribution in [-0.2, 0) is 0 Å². The largest absolute Gasteiger partial charge is 1.00 e. The van der Waals surface area contributed by atoms with E-state index in [1.54, 1.807) is 0 Å². The van der Waals surface area contributed by atoms with Crippen molar-refractivity contribution in [1.82, 2.24) is 10.3 Å². The molecule has 0 radical (unpaired) electrons. The molecule has 1 aliphatic carbocycles. The van der Waals surface area contributed by atoms with E-state index in [4.69, 9.17) is 11.6 Å². The number of carbonyl (C=O) groups excluding carboxylic acids is 1. The molecule has 1 N–H and O–H groups in total. The predicted octanol–water partition coefficient (Wildman–Crippen LogP) is -0.633. The average Bonchev–Trinajstić information content (AvgIpc) is 2.27. The molecule has 0 aromatic rings. The van der Waals surface area contributed by atoms with Gasteiger partial charge < -0.3 is 17.7 Å². The molecule has 16 heavy (non-hydrogen) atoms. The lowest BCUT2D eigenvalue weighted by Crippen LogP contribution is -3.00. The van der Waals surface area contributed by atoms with E-state index < -0.39 is 6.03 Å². The molecule has 2 amide bonds. The maximum Gasteiger partial charge on any atom is 1.00 e. The molecule has 0 heterocycles. The van der Waals surface area contributed by atoms with Crippen molar-refractivity contribution in [2.45, 2.75) is 38.1 Å². The van der Waals surface area contributed by atoms with Gasteiger partial charge >= 0.3 is 7.46 Å². The summed E-state index contributed by atoms with van der Waals surface area (Å²) in [6.07, 6.45) is 5.46. The van der Waals surface area contributed by atoms with Crippen LogP contribution >= 0.6 is 11.6 Å². The lowest BCUT2D eigenvalue weighted by molar-refractivity contribution is -0.00000701. The highest BCUT2D eigenvalue weighted by Gasteiger charge is 2.19. The van der Waals surface area contributed by atoms with E-state index in [1.807, 2.05) is 0 Å². The van der Waals surface area contributed by atoms with Gasteiger partial charge in [0.2, 0.25) is 0 Å². The summed E-state index contributed by atoms with van der Waals surface area (Å²) in [7, 11) is 0. The Kier molecular flexibility index (Phi) is 8.29. The number of rotatable bonds is 4. The molecule has 1 saturated carbocycles. The summed E-state index contributed by atoms with van der Waals surface area (Å²) in [5.74, 6) is 0.212. The molecule has 0 bridgehead atoms. The molecule has 0 unspecified atom stereocenters. The topological polar surface area (TPSA) is 61.8 Å². The predicted molar refractivity (Wildman–Crippen MR) is 59.7 cm³/mol. The first-order valence-electron chi connectivity index (χ1n) is 5.25. The minimum Gasteiger partial charge on any atom is -1.00 e. The summed E-state index contributed by atoms with van der Waals surface area (Å²) < 4.78 is 0. The third-order valence-electron chi connectivity index (χ3n) is 2.56. The molecule has 7 heteroatoms. The first kappa shape index (κ1) is 15.4. The second kappa shape index (κ2) is 8.58. The van der Waals surface area contributed by atoms with Crippen molar-refractivity contribution < 1.29 is 18.6 Å². The van der Waals surface area contributed by atoms with Gasteiger partial charge in [-0.15, -0.1) is 16.5 Å². The minimum atomic E-state index is -0.433. The van der Waals surface area contributed by atoms with Crippen molar-refractivity contribution in [2.24, 2.45) is 5.29 Å². The Morgan fingerprint density at radius 3 is 2.56 bits per heavy atom. The maximum atomic E-state index is 11.5. The number of carbonyl (C=O) groups is 1. The second-order valence-electron chi connectivity index (χ2n) is 3.68. The van der Waals surface area contributed by atoms with Gasteiger partial charge in [-0.05, 0) is 12.8 Å². The van der Waals surface area contributed by atoms with Crippen LogP contribution in [0.5, 0.6) is 0 Å². The zero-order valence-corrected chi connectivity index (χ0v) is 10.5. The molecule has 0 spiro atoms. The summed E-state index contributed by atoms with van der Waals surface area (Å²) >= 11 is 5.44. The Balaban J connectivity index is 0. The number of amides is 2. The zero-order chi connectivity index (χ0) is 11.1. The highest BCUT2D eigenvalue weighted by molar-refractivity contribution is 6.18. The maximum absolute atomic E-state index is 11.5. The number of urea groups is 1. The van der Waals surface area contributed by atoms with Gasteiger partial charge in [0.25, 0.3) is 0 Å². The van der Waals surface area contributed by atoms with Gasteiger partial charge in [-0.25, -0.2) is 4.79 Å². The van der Waals surface area contributed by atoms with Crippen LogP contribution in [0.15, 0.2) is 5.29 Å². The average molecular weight is 270 g/mol. The molecule has 0 aromatic heterocycles. The van der Waals surface area contributed by atoms with Gasteiger partial charge in [-0.3, -0.25) is 0 Å². The van der Waals surface area contributed by atoms with Crippen molar-refractivity contribution >= 4 is 17.6 Å². The summed E-state index contributed by atoms with van der Waals surface area (Å²) in [4.78, 5) is 21.8. The normalized spacial score (nSPS) is 16.1. The van der Waals surface area contributed by atoms with Crippen molar-refractivity contribution in [1.29, 1.82) is 0 Å². The number of nitrogens with zero attached hydrogens (tertiary/aromatic N) is 2. The molecular formula is C9H17Cl2N3O2. The van der Waals surface area contributed by atoms with E-state index >= 15 is 0 Å². The highest BCUT2D eigenvalue weighted by Crippen LogP contribution is 2.17. The van der Waals surface area contributed by atoms with Crippen LogP contribution in [-0.4, -0.2) is 29.5 Å². The third kappa shape index (κ3) is 4.99. The van der Waals surface area contributed by atoms with Gasteiger partial charge in [-0.1, -0.05) is 19.3 Å². The fourth-order valence-electron chi connectivity index (χ4n) is 1.76. The lowest BCUT2D eigenvalue weighted by atomic mass is 9.96. The SMILES string of the molecule is O=NN(CCCl)C(=O)NC1CCCCC1.[Cl-].[H+]. The van der Waals surface area contributed by atoms with Gasteiger partial charge in [0, 0.05) is 11.9 Å². The van der Waals surface area contributed by atoms with Gasteiger partial charge in [0.15, 0.2) is 0 Å². The minimum absolute atomic E-state index is 0. The van der Waals surface area contributed by atoms with E-state index in [-0.39, 0.29) is 32.3 Å². The van der Waals surface area contributed by atoms with Gasteiger partial charge in [0.1, 0.15) is 0 Å². The zero-order valence-electron chi connectivity index (χ0n) is 9.99. The molecule has 0 atom stereocenters. The number of halogens is 2. The van der Waals surface area contributed by atoms with E-state index in [2.05, 4.69) is 10.6 Å². The van der Waals surface area contributed by atoms with Crippen LogP contribution in [0, 0.1) is 4.91 Å². The number of nitroso groups, excluding NO2 is 1. The van der Waals surface area contributed by atoms with Crippen molar-refractivity contribution in [3.8, 4) is 0 Å². The highest BCUT2D eigenvalue weighted by atomic mass is 35.5. The molecule has 1 aliphatic rings. The number of hydrogen-bond donors (Lipinski definition) is 1. The molecule has 94 valence electrons. The third-order valence-corrected chi connectivity index (χ3v) is 2.73. The monoisotopic (exact) mass is 269 g/mol. The standard InChI is InChI=1S/C9H16ClN3O2.ClH/c10-6-7-13(12-15)9(14)11-8-4-2-1-3-5-8;/h8H,1-7H2,(H,11,14);1H. The van der Waals surface area contributed by atoms with Crippen LogP contribution in [0.2, 0.25) is 0 Å². The molecule has 1 rings (SSSR count). The van der Waals surface area contributed by atoms with Crippen molar-refractivity contribution in [3.05, 3.63) is 4.91 Å². The molecule has 1 fully saturated rings. The fraction of sp³-hybridized carbons (Fsp3) is 0.889. The Hall–Kier alpha value is -0.550. The number of alkyl halides is 1. The van der Waals surface area contributed by atoms with Crippen LogP contribution in [0.1, 0.15) is 33.5 Å². The van der Waals surface area contributed by atoms with E-state index in [0.717, 1.165) is 30.7 Å². The molecule has 0 aromatic carbocycles.